The highest BCUT2D eigenvalue weighted by atomic mass is 32.2. The zero-order valence-corrected chi connectivity index (χ0v) is 14.7. The summed E-state index contributed by atoms with van der Waals surface area (Å²) in [5, 5.41) is 7.35. The standard InChI is InChI=1S/C15H17F3N4O3S/c1-3-9(2)22-26(24,25)11-6-4-10(5-7-11)14(23)19-13-8-12(20-21-13)15(16,17)18/h4-9,22H,3H2,1-2H3,(H2,19,20,21,23)/t9-/m1/s1. The van der Waals surface area contributed by atoms with Gasteiger partial charge in [-0.1, -0.05) is 6.92 Å². The van der Waals surface area contributed by atoms with Crippen molar-refractivity contribution in [3.63, 3.8) is 0 Å². The van der Waals surface area contributed by atoms with Gasteiger partial charge in [0.15, 0.2) is 5.82 Å². The number of amides is 1. The summed E-state index contributed by atoms with van der Waals surface area (Å²) in [7, 11) is -3.71. The van der Waals surface area contributed by atoms with Gasteiger partial charge in [0.25, 0.3) is 5.91 Å². The number of benzene rings is 1. The molecule has 1 aromatic carbocycles. The fourth-order valence-corrected chi connectivity index (χ4v) is 3.25. The number of rotatable bonds is 6. The number of aromatic amines is 1. The van der Waals surface area contributed by atoms with E-state index in [4.69, 9.17) is 0 Å². The summed E-state index contributed by atoms with van der Waals surface area (Å²) in [4.78, 5) is 12.0. The Labute approximate surface area is 148 Å². The van der Waals surface area contributed by atoms with Gasteiger partial charge in [0, 0.05) is 17.7 Å². The van der Waals surface area contributed by atoms with E-state index in [-0.39, 0.29) is 22.3 Å². The van der Waals surface area contributed by atoms with Crippen LogP contribution in [-0.2, 0) is 16.2 Å². The van der Waals surface area contributed by atoms with Gasteiger partial charge in [0.1, 0.15) is 5.69 Å². The number of hydrogen-bond donors (Lipinski definition) is 3. The van der Waals surface area contributed by atoms with Crippen LogP contribution in [0.4, 0.5) is 19.0 Å². The van der Waals surface area contributed by atoms with Crippen LogP contribution in [0.15, 0.2) is 35.2 Å². The second-order valence-corrected chi connectivity index (χ2v) is 7.29. The van der Waals surface area contributed by atoms with Gasteiger partial charge in [-0.25, -0.2) is 13.1 Å². The van der Waals surface area contributed by atoms with Gasteiger partial charge < -0.3 is 5.32 Å². The van der Waals surface area contributed by atoms with Crippen LogP contribution in [0.2, 0.25) is 0 Å². The van der Waals surface area contributed by atoms with E-state index in [2.05, 4.69) is 15.1 Å². The van der Waals surface area contributed by atoms with Crippen molar-refractivity contribution in [1.29, 1.82) is 0 Å². The Kier molecular flexibility index (Phi) is 5.71. The molecule has 2 aromatic rings. The molecule has 1 heterocycles. The predicted octanol–water partition coefficient (Wildman–Crippen LogP) is 2.76. The third kappa shape index (κ3) is 4.82. The highest BCUT2D eigenvalue weighted by Gasteiger charge is 2.33. The molecule has 1 atom stereocenters. The quantitative estimate of drug-likeness (QED) is 0.705. The SMILES string of the molecule is CC[C@@H](C)NS(=O)(=O)c1ccc(C(=O)Nc2cc(C(F)(F)F)[nH]n2)cc1. The monoisotopic (exact) mass is 390 g/mol. The zero-order valence-electron chi connectivity index (χ0n) is 13.9. The molecule has 0 saturated carbocycles. The maximum atomic E-state index is 12.5. The molecule has 7 nitrogen and oxygen atoms in total. The van der Waals surface area contributed by atoms with Gasteiger partial charge in [0.05, 0.1) is 4.90 Å². The van der Waals surface area contributed by atoms with Crippen molar-refractivity contribution in [2.75, 3.05) is 5.32 Å². The maximum absolute atomic E-state index is 12.5. The topological polar surface area (TPSA) is 104 Å². The molecule has 3 N–H and O–H groups in total. The van der Waals surface area contributed by atoms with E-state index in [1.807, 2.05) is 6.92 Å². The first-order chi connectivity index (χ1) is 12.0. The predicted molar refractivity (Wildman–Crippen MR) is 88.1 cm³/mol. The fourth-order valence-electron chi connectivity index (χ4n) is 1.92. The Hall–Kier alpha value is -2.40. The van der Waals surface area contributed by atoms with Crippen LogP contribution in [0.1, 0.15) is 36.3 Å². The lowest BCUT2D eigenvalue weighted by atomic mass is 10.2. The minimum Gasteiger partial charge on any atom is -0.305 e. The molecule has 0 fully saturated rings. The van der Waals surface area contributed by atoms with E-state index >= 15 is 0 Å². The molecule has 0 aliphatic rings. The third-order valence-electron chi connectivity index (χ3n) is 3.52. The number of carbonyl (C=O) groups is 1. The van der Waals surface area contributed by atoms with Gasteiger partial charge in [-0.3, -0.25) is 9.89 Å². The number of carbonyl (C=O) groups excluding carboxylic acids is 1. The van der Waals surface area contributed by atoms with E-state index in [9.17, 15) is 26.4 Å². The average Bonchev–Trinajstić information content (AvgIpc) is 3.03. The molecule has 0 aliphatic heterocycles. The lowest BCUT2D eigenvalue weighted by Crippen LogP contribution is -2.32. The summed E-state index contributed by atoms with van der Waals surface area (Å²) >= 11 is 0. The van der Waals surface area contributed by atoms with E-state index in [1.165, 1.54) is 24.3 Å². The van der Waals surface area contributed by atoms with Gasteiger partial charge in [-0.15, -0.1) is 0 Å². The normalized spacial score (nSPS) is 13.4. The third-order valence-corrected chi connectivity index (χ3v) is 5.13. The summed E-state index contributed by atoms with van der Waals surface area (Å²) in [5.41, 5.74) is -1.02. The van der Waals surface area contributed by atoms with Crippen molar-refractivity contribution >= 4 is 21.7 Å². The van der Waals surface area contributed by atoms with E-state index < -0.39 is 27.8 Å². The van der Waals surface area contributed by atoms with Gasteiger partial charge in [-0.05, 0) is 37.6 Å². The number of hydrogen-bond acceptors (Lipinski definition) is 4. The molecule has 0 saturated heterocycles. The Balaban J connectivity index is 2.10. The van der Waals surface area contributed by atoms with Crippen molar-refractivity contribution in [3.05, 3.63) is 41.6 Å². The van der Waals surface area contributed by atoms with Crippen molar-refractivity contribution in [3.8, 4) is 0 Å². The second-order valence-electron chi connectivity index (χ2n) is 5.57. The van der Waals surface area contributed by atoms with Crippen LogP contribution in [0.25, 0.3) is 0 Å². The van der Waals surface area contributed by atoms with E-state index in [0.717, 1.165) is 0 Å². The summed E-state index contributed by atoms with van der Waals surface area (Å²) in [6, 6.07) is 5.42. The first-order valence-electron chi connectivity index (χ1n) is 7.59. The fraction of sp³-hybridized carbons (Fsp3) is 0.333. The molecule has 0 unspecified atom stereocenters. The maximum Gasteiger partial charge on any atom is 0.432 e. The first-order valence-corrected chi connectivity index (χ1v) is 9.07. The number of nitrogens with one attached hydrogen (secondary N) is 3. The van der Waals surface area contributed by atoms with Crippen LogP contribution < -0.4 is 10.0 Å². The zero-order chi connectivity index (χ0) is 19.5. The van der Waals surface area contributed by atoms with Crippen molar-refractivity contribution in [1.82, 2.24) is 14.9 Å². The number of alkyl halides is 3. The number of aromatic nitrogens is 2. The molecule has 0 aliphatic carbocycles. The highest BCUT2D eigenvalue weighted by molar-refractivity contribution is 7.89. The number of nitrogens with zero attached hydrogens (tertiary/aromatic N) is 1. The van der Waals surface area contributed by atoms with Gasteiger partial charge >= 0.3 is 6.18 Å². The van der Waals surface area contributed by atoms with Crippen molar-refractivity contribution < 1.29 is 26.4 Å². The molecular formula is C15H17F3N4O3S. The lowest BCUT2D eigenvalue weighted by Gasteiger charge is -2.12. The van der Waals surface area contributed by atoms with Crippen LogP contribution in [-0.4, -0.2) is 30.6 Å². The van der Waals surface area contributed by atoms with E-state index in [0.29, 0.717) is 12.5 Å². The van der Waals surface area contributed by atoms with Gasteiger partial charge in [-0.2, -0.15) is 18.3 Å². The average molecular weight is 390 g/mol. The molecule has 2 rings (SSSR count). The summed E-state index contributed by atoms with van der Waals surface area (Å²) in [5.74, 6) is -1.01. The molecule has 1 aromatic heterocycles. The summed E-state index contributed by atoms with van der Waals surface area (Å²) < 4.78 is 64.2. The smallest absolute Gasteiger partial charge is 0.305 e. The summed E-state index contributed by atoms with van der Waals surface area (Å²) in [6.45, 7) is 3.55. The minimum absolute atomic E-state index is 0.0199. The molecule has 0 spiro atoms. The Morgan fingerprint density at radius 3 is 2.38 bits per heavy atom. The van der Waals surface area contributed by atoms with E-state index in [1.54, 1.807) is 12.0 Å². The molecule has 0 bridgehead atoms. The Morgan fingerprint density at radius 1 is 1.27 bits per heavy atom. The molecule has 142 valence electrons. The van der Waals surface area contributed by atoms with Crippen LogP contribution in [0.5, 0.6) is 0 Å². The number of halogens is 3. The number of H-pyrrole nitrogens is 1. The molecule has 1 amide bonds. The van der Waals surface area contributed by atoms with Crippen molar-refractivity contribution in [2.45, 2.75) is 37.4 Å². The lowest BCUT2D eigenvalue weighted by molar-refractivity contribution is -0.141. The Bertz CT molecular complexity index is 876. The molecule has 11 heteroatoms. The van der Waals surface area contributed by atoms with Gasteiger partial charge in [0.2, 0.25) is 10.0 Å². The molecule has 0 radical (unpaired) electrons. The highest BCUT2D eigenvalue weighted by Crippen LogP contribution is 2.28. The van der Waals surface area contributed by atoms with Crippen molar-refractivity contribution in [2.24, 2.45) is 0 Å². The second kappa shape index (κ2) is 7.46. The largest absolute Gasteiger partial charge is 0.432 e. The minimum atomic E-state index is -4.60. The van der Waals surface area contributed by atoms with Crippen LogP contribution >= 0.6 is 0 Å². The molecule has 26 heavy (non-hydrogen) atoms. The number of anilines is 1. The summed E-state index contributed by atoms with van der Waals surface area (Å²) in [6.07, 6.45) is -3.99. The van der Waals surface area contributed by atoms with Crippen LogP contribution in [0, 0.1) is 0 Å². The number of sulfonamides is 1. The van der Waals surface area contributed by atoms with Crippen LogP contribution in [0.3, 0.4) is 0 Å². The Morgan fingerprint density at radius 2 is 1.88 bits per heavy atom. The molecular weight excluding hydrogens is 373 g/mol. The first kappa shape index (κ1) is 19.9.